The highest BCUT2D eigenvalue weighted by atomic mass is 15.3. The van der Waals surface area contributed by atoms with Gasteiger partial charge in [0.25, 0.3) is 0 Å². The second kappa shape index (κ2) is 9.43. The highest BCUT2D eigenvalue weighted by Gasteiger charge is 2.37. The van der Waals surface area contributed by atoms with Gasteiger partial charge in [-0.3, -0.25) is 0 Å². The quantitative estimate of drug-likeness (QED) is 0.238. The molecule has 9 rings (SSSR count). The molecule has 2 aliphatic rings. The van der Waals surface area contributed by atoms with Crippen molar-refractivity contribution in [1.29, 1.82) is 0 Å². The van der Waals surface area contributed by atoms with Crippen molar-refractivity contribution in [1.82, 2.24) is 4.98 Å². The number of hydrogen-bond donors (Lipinski definition) is 1. The molecule has 0 radical (unpaired) electrons. The molecule has 0 saturated heterocycles. The molecular formula is C40H27N3. The summed E-state index contributed by atoms with van der Waals surface area (Å²) < 4.78 is 0. The number of aromatic nitrogens is 1. The fraction of sp³-hybridized carbons (Fsp3) is 0.0250. The summed E-state index contributed by atoms with van der Waals surface area (Å²) in [5.74, 6) is 0. The predicted molar refractivity (Wildman–Crippen MR) is 178 cm³/mol. The zero-order valence-corrected chi connectivity index (χ0v) is 23.4. The largest absolute Gasteiger partial charge is 0.359 e. The van der Waals surface area contributed by atoms with Crippen molar-refractivity contribution in [2.45, 2.75) is 6.17 Å². The molecule has 1 unspecified atom stereocenters. The van der Waals surface area contributed by atoms with Crippen LogP contribution in [0.25, 0.3) is 55.5 Å². The lowest BCUT2D eigenvalue weighted by molar-refractivity contribution is 0.830. The Balaban J connectivity index is 1.10. The highest BCUT2D eigenvalue weighted by Crippen LogP contribution is 2.56. The van der Waals surface area contributed by atoms with Crippen LogP contribution in [0.4, 0.5) is 17.1 Å². The van der Waals surface area contributed by atoms with E-state index in [2.05, 4.69) is 162 Å². The van der Waals surface area contributed by atoms with Crippen LogP contribution in [0.15, 0.2) is 152 Å². The zero-order valence-electron chi connectivity index (χ0n) is 23.4. The minimum absolute atomic E-state index is 0.0300. The van der Waals surface area contributed by atoms with Crippen molar-refractivity contribution < 1.29 is 0 Å². The smallest absolute Gasteiger partial charge is 0.130 e. The molecule has 0 aliphatic carbocycles. The van der Waals surface area contributed by atoms with E-state index >= 15 is 0 Å². The maximum Gasteiger partial charge on any atom is 0.130 e. The van der Waals surface area contributed by atoms with Crippen LogP contribution >= 0.6 is 0 Å². The second-order valence-corrected chi connectivity index (χ2v) is 11.3. The number of nitrogens with zero attached hydrogens (tertiary/aromatic N) is 2. The summed E-state index contributed by atoms with van der Waals surface area (Å²) in [4.78, 5) is 7.55. The van der Waals surface area contributed by atoms with Gasteiger partial charge in [0.2, 0.25) is 0 Å². The molecule has 0 bridgehead atoms. The van der Waals surface area contributed by atoms with Crippen LogP contribution in [-0.2, 0) is 0 Å². The Morgan fingerprint density at radius 2 is 1.12 bits per heavy atom. The third-order valence-corrected chi connectivity index (χ3v) is 8.81. The molecule has 202 valence electrons. The molecule has 2 aliphatic heterocycles. The fourth-order valence-corrected chi connectivity index (χ4v) is 6.78. The summed E-state index contributed by atoms with van der Waals surface area (Å²) in [7, 11) is 0. The molecule has 0 spiro atoms. The van der Waals surface area contributed by atoms with E-state index in [0.29, 0.717) is 0 Å². The molecule has 3 nitrogen and oxygen atoms in total. The van der Waals surface area contributed by atoms with Crippen molar-refractivity contribution in [3.05, 3.63) is 157 Å². The Kier molecular flexibility index (Phi) is 5.26. The van der Waals surface area contributed by atoms with Gasteiger partial charge in [0.1, 0.15) is 6.17 Å². The summed E-state index contributed by atoms with van der Waals surface area (Å²) in [5.41, 5.74) is 14.0. The first kappa shape index (κ1) is 24.0. The van der Waals surface area contributed by atoms with Gasteiger partial charge in [-0.1, -0.05) is 121 Å². The second-order valence-electron chi connectivity index (χ2n) is 11.3. The predicted octanol–water partition coefficient (Wildman–Crippen LogP) is 10.5. The number of rotatable bonds is 3. The van der Waals surface area contributed by atoms with Gasteiger partial charge in [0.05, 0.1) is 28.5 Å². The first-order valence-electron chi connectivity index (χ1n) is 14.8. The van der Waals surface area contributed by atoms with Gasteiger partial charge in [-0.15, -0.1) is 0 Å². The first-order chi connectivity index (χ1) is 21.3. The number of anilines is 3. The van der Waals surface area contributed by atoms with Gasteiger partial charge in [-0.2, -0.15) is 0 Å². The van der Waals surface area contributed by atoms with Crippen molar-refractivity contribution in [3.8, 4) is 44.8 Å². The minimum atomic E-state index is -0.0300. The van der Waals surface area contributed by atoms with Gasteiger partial charge >= 0.3 is 0 Å². The lowest BCUT2D eigenvalue weighted by atomic mass is 9.94. The van der Waals surface area contributed by atoms with Crippen LogP contribution in [0.5, 0.6) is 0 Å². The van der Waals surface area contributed by atoms with E-state index in [-0.39, 0.29) is 6.17 Å². The third kappa shape index (κ3) is 3.79. The number of hydrogen-bond acceptors (Lipinski definition) is 3. The van der Waals surface area contributed by atoms with Gasteiger partial charge < -0.3 is 10.2 Å². The normalized spacial score (nSPS) is 14.4. The molecule has 6 aromatic carbocycles. The summed E-state index contributed by atoms with van der Waals surface area (Å²) in [6, 6.07) is 54.3. The topological polar surface area (TPSA) is 28.2 Å². The SMILES string of the molecule is c1cc(-c2ccc(C3Nc4cccc5c4N3c3ccccc3-c3ccccc3-5)cc2)nc(-c2ccc3ccccc3c2)c1. The molecule has 0 saturated carbocycles. The van der Waals surface area contributed by atoms with Crippen molar-refractivity contribution in [2.24, 2.45) is 0 Å². The molecular weight excluding hydrogens is 522 g/mol. The van der Waals surface area contributed by atoms with Gasteiger partial charge in [0, 0.05) is 22.3 Å². The monoisotopic (exact) mass is 549 g/mol. The molecule has 43 heavy (non-hydrogen) atoms. The van der Waals surface area contributed by atoms with E-state index < -0.39 is 0 Å². The molecule has 1 N–H and O–H groups in total. The van der Waals surface area contributed by atoms with Crippen LogP contribution in [0.3, 0.4) is 0 Å². The molecule has 3 heterocycles. The van der Waals surface area contributed by atoms with Crippen LogP contribution in [0, 0.1) is 0 Å². The average molecular weight is 550 g/mol. The number of nitrogens with one attached hydrogen (secondary N) is 1. The van der Waals surface area contributed by atoms with Crippen molar-refractivity contribution in [3.63, 3.8) is 0 Å². The Morgan fingerprint density at radius 3 is 1.95 bits per heavy atom. The summed E-state index contributed by atoms with van der Waals surface area (Å²) in [5, 5.41) is 6.31. The zero-order chi connectivity index (χ0) is 28.3. The summed E-state index contributed by atoms with van der Waals surface area (Å²) in [6.45, 7) is 0. The maximum atomic E-state index is 5.07. The van der Waals surface area contributed by atoms with Crippen molar-refractivity contribution >= 4 is 27.8 Å². The fourth-order valence-electron chi connectivity index (χ4n) is 6.78. The molecule has 0 fully saturated rings. The number of para-hydroxylation sites is 2. The first-order valence-corrected chi connectivity index (χ1v) is 14.8. The van der Waals surface area contributed by atoms with Gasteiger partial charge in [-0.05, 0) is 57.8 Å². The van der Waals surface area contributed by atoms with E-state index in [4.69, 9.17) is 4.98 Å². The molecule has 1 atom stereocenters. The van der Waals surface area contributed by atoms with Crippen LogP contribution in [0.1, 0.15) is 11.7 Å². The van der Waals surface area contributed by atoms with E-state index in [1.807, 2.05) is 0 Å². The van der Waals surface area contributed by atoms with Crippen LogP contribution < -0.4 is 10.2 Å². The third-order valence-electron chi connectivity index (χ3n) is 8.81. The Labute approximate surface area is 250 Å². The molecule has 7 aromatic rings. The lowest BCUT2D eigenvalue weighted by Crippen LogP contribution is -2.23. The Hall–Kier alpha value is -5.67. The van der Waals surface area contributed by atoms with Gasteiger partial charge in [0.15, 0.2) is 0 Å². The number of pyridine rings is 1. The van der Waals surface area contributed by atoms with Crippen LogP contribution in [0.2, 0.25) is 0 Å². The van der Waals surface area contributed by atoms with Crippen LogP contribution in [-0.4, -0.2) is 4.98 Å². The number of benzene rings is 6. The molecule has 3 heteroatoms. The standard InChI is InChI=1S/C40H27N3/c1-2-10-29-25-30(24-19-26(29)9-1)36-16-8-15-35(41-36)27-20-22-28(23-21-27)40-42-37-17-7-14-34-32-12-4-3-11-31(32)33-13-5-6-18-38(33)43(40)39(34)37/h1-25,40,42H. The maximum absolute atomic E-state index is 5.07. The molecule has 0 amide bonds. The minimum Gasteiger partial charge on any atom is -0.359 e. The Bertz CT molecular complexity index is 2180. The van der Waals surface area contributed by atoms with E-state index in [1.54, 1.807) is 0 Å². The average Bonchev–Trinajstić information content (AvgIpc) is 3.42. The van der Waals surface area contributed by atoms with Gasteiger partial charge in [-0.25, -0.2) is 4.98 Å². The lowest BCUT2D eigenvalue weighted by Gasteiger charge is -2.29. The number of fused-ring (bicyclic) bond motifs is 6. The van der Waals surface area contributed by atoms with E-state index in [1.165, 1.54) is 50.0 Å². The molecule has 1 aromatic heterocycles. The van der Waals surface area contributed by atoms with E-state index in [0.717, 1.165) is 28.2 Å². The highest BCUT2D eigenvalue weighted by molar-refractivity contribution is 6.05. The summed E-state index contributed by atoms with van der Waals surface area (Å²) >= 11 is 0. The Morgan fingerprint density at radius 1 is 0.488 bits per heavy atom. The van der Waals surface area contributed by atoms with E-state index in [9.17, 15) is 0 Å². The van der Waals surface area contributed by atoms with Crippen molar-refractivity contribution in [2.75, 3.05) is 10.2 Å². The summed E-state index contributed by atoms with van der Waals surface area (Å²) in [6.07, 6.45) is -0.0300.